The van der Waals surface area contributed by atoms with Crippen molar-refractivity contribution in [2.45, 2.75) is 13.3 Å². The maximum Gasteiger partial charge on any atom is 0.225 e. The number of amides is 1. The van der Waals surface area contributed by atoms with Gasteiger partial charge in [0.2, 0.25) is 5.91 Å². The molecule has 23 heavy (non-hydrogen) atoms. The summed E-state index contributed by atoms with van der Waals surface area (Å²) in [6.45, 7) is 2.35. The minimum absolute atomic E-state index is 0.0596. The number of hydrogen-bond donors (Lipinski definition) is 1. The number of benzene rings is 2. The Morgan fingerprint density at radius 2 is 2.00 bits per heavy atom. The first-order valence-electron chi connectivity index (χ1n) is 7.50. The summed E-state index contributed by atoms with van der Waals surface area (Å²) in [4.78, 5) is 12.0. The zero-order valence-corrected chi connectivity index (χ0v) is 12.9. The van der Waals surface area contributed by atoms with Gasteiger partial charge >= 0.3 is 0 Å². The first kappa shape index (κ1) is 14.9. The Labute approximate surface area is 135 Å². The molecule has 1 N–H and O–H groups in total. The van der Waals surface area contributed by atoms with Crippen LogP contribution in [-0.2, 0) is 11.2 Å². The lowest BCUT2D eigenvalue weighted by atomic mass is 10.1. The van der Waals surface area contributed by atoms with Crippen LogP contribution in [0.5, 0.6) is 0 Å². The van der Waals surface area contributed by atoms with Gasteiger partial charge in [-0.15, -0.1) is 0 Å². The highest BCUT2D eigenvalue weighted by atomic mass is 16.3. The van der Waals surface area contributed by atoms with Gasteiger partial charge < -0.3 is 9.73 Å². The van der Waals surface area contributed by atoms with Crippen molar-refractivity contribution in [3.63, 3.8) is 0 Å². The second-order valence-electron chi connectivity index (χ2n) is 5.38. The summed E-state index contributed by atoms with van der Waals surface area (Å²) in [5.74, 6) is 5.90. The minimum Gasteiger partial charge on any atom is -0.464 e. The number of carbonyl (C=O) groups is 1. The van der Waals surface area contributed by atoms with Gasteiger partial charge in [-0.1, -0.05) is 42.2 Å². The van der Waals surface area contributed by atoms with E-state index >= 15 is 0 Å². The van der Waals surface area contributed by atoms with E-state index in [9.17, 15) is 4.79 Å². The number of nitrogens with one attached hydrogen (secondary N) is 1. The molecular weight excluding hydrogens is 286 g/mol. The third-order valence-electron chi connectivity index (χ3n) is 3.54. The maximum absolute atomic E-state index is 12.0. The van der Waals surface area contributed by atoms with Crippen molar-refractivity contribution >= 4 is 16.9 Å². The van der Waals surface area contributed by atoms with Crippen LogP contribution in [0.15, 0.2) is 59.2 Å². The molecule has 2 aromatic carbocycles. The predicted molar refractivity (Wildman–Crippen MR) is 91.0 cm³/mol. The van der Waals surface area contributed by atoms with E-state index in [0.29, 0.717) is 13.0 Å². The lowest BCUT2D eigenvalue weighted by molar-refractivity contribution is -0.120. The molecular formula is C20H17NO2. The second kappa shape index (κ2) is 6.85. The van der Waals surface area contributed by atoms with Gasteiger partial charge in [0.1, 0.15) is 5.58 Å². The Hall–Kier alpha value is -2.99. The van der Waals surface area contributed by atoms with Crippen molar-refractivity contribution < 1.29 is 9.21 Å². The van der Waals surface area contributed by atoms with E-state index in [4.69, 9.17) is 4.42 Å². The number of carbonyl (C=O) groups excluding carboxylic acids is 1. The fourth-order valence-corrected chi connectivity index (χ4v) is 2.37. The summed E-state index contributed by atoms with van der Waals surface area (Å²) >= 11 is 0. The summed E-state index contributed by atoms with van der Waals surface area (Å²) in [5, 5.41) is 3.80. The summed E-state index contributed by atoms with van der Waals surface area (Å²) in [6, 6.07) is 15.7. The predicted octanol–water partition coefficient (Wildman–Crippen LogP) is 3.45. The molecule has 3 heteroatoms. The molecule has 0 aliphatic rings. The van der Waals surface area contributed by atoms with Crippen LogP contribution in [0.4, 0.5) is 0 Å². The number of furan rings is 1. The normalized spacial score (nSPS) is 10.1. The lowest BCUT2D eigenvalue weighted by Gasteiger charge is -2.00. The molecule has 1 aromatic heterocycles. The van der Waals surface area contributed by atoms with Gasteiger partial charge in [0, 0.05) is 16.5 Å². The van der Waals surface area contributed by atoms with Gasteiger partial charge in [-0.25, -0.2) is 0 Å². The molecule has 3 aromatic rings. The average molecular weight is 303 g/mol. The molecule has 0 aliphatic heterocycles. The van der Waals surface area contributed by atoms with Crippen LogP contribution in [-0.4, -0.2) is 12.5 Å². The molecule has 114 valence electrons. The van der Waals surface area contributed by atoms with Gasteiger partial charge in [0.15, 0.2) is 0 Å². The van der Waals surface area contributed by atoms with E-state index in [-0.39, 0.29) is 5.91 Å². The standard InChI is InChI=1S/C20H17NO2/c1-15-9-10-18-17(14-23-19(18)12-15)13-20(22)21-11-5-8-16-6-3-2-4-7-16/h2-4,6-7,9-10,12,14H,11,13H2,1H3,(H,21,22). The largest absolute Gasteiger partial charge is 0.464 e. The van der Waals surface area contributed by atoms with Crippen molar-refractivity contribution in [2.75, 3.05) is 6.54 Å². The highest BCUT2D eigenvalue weighted by molar-refractivity contribution is 5.88. The van der Waals surface area contributed by atoms with Crippen LogP contribution in [0.1, 0.15) is 16.7 Å². The topological polar surface area (TPSA) is 42.2 Å². The maximum atomic E-state index is 12.0. The molecule has 1 heterocycles. The van der Waals surface area contributed by atoms with Crippen LogP contribution >= 0.6 is 0 Å². The molecule has 1 amide bonds. The van der Waals surface area contributed by atoms with Crippen LogP contribution < -0.4 is 5.32 Å². The third kappa shape index (κ3) is 3.81. The summed E-state index contributed by atoms with van der Waals surface area (Å²) in [6.07, 6.45) is 1.95. The Balaban J connectivity index is 1.58. The van der Waals surface area contributed by atoms with Crippen molar-refractivity contribution in [1.29, 1.82) is 0 Å². The molecule has 0 fully saturated rings. The lowest BCUT2D eigenvalue weighted by Crippen LogP contribution is -2.25. The zero-order valence-electron chi connectivity index (χ0n) is 12.9. The Kier molecular flexibility index (Phi) is 4.44. The van der Waals surface area contributed by atoms with Crippen molar-refractivity contribution in [3.05, 3.63) is 71.5 Å². The highest BCUT2D eigenvalue weighted by Gasteiger charge is 2.09. The Bertz CT molecular complexity index is 882. The Morgan fingerprint density at radius 1 is 1.17 bits per heavy atom. The van der Waals surface area contributed by atoms with Gasteiger partial charge in [-0.3, -0.25) is 4.79 Å². The molecule has 3 rings (SSSR count). The van der Waals surface area contributed by atoms with Crippen molar-refractivity contribution in [1.82, 2.24) is 5.32 Å². The molecule has 0 saturated carbocycles. The van der Waals surface area contributed by atoms with Crippen LogP contribution in [0.25, 0.3) is 11.0 Å². The van der Waals surface area contributed by atoms with Gasteiger partial charge in [0.05, 0.1) is 19.2 Å². The average Bonchev–Trinajstić information content (AvgIpc) is 2.94. The van der Waals surface area contributed by atoms with Crippen LogP contribution in [0.3, 0.4) is 0 Å². The van der Waals surface area contributed by atoms with E-state index in [1.54, 1.807) is 6.26 Å². The number of hydrogen-bond acceptors (Lipinski definition) is 2. The quantitative estimate of drug-likeness (QED) is 0.753. The zero-order chi connectivity index (χ0) is 16.1. The third-order valence-corrected chi connectivity index (χ3v) is 3.54. The summed E-state index contributed by atoms with van der Waals surface area (Å²) in [5.41, 5.74) is 3.79. The first-order chi connectivity index (χ1) is 11.2. The fourth-order valence-electron chi connectivity index (χ4n) is 2.37. The molecule has 0 atom stereocenters. The van der Waals surface area contributed by atoms with Gasteiger partial charge in [0.25, 0.3) is 0 Å². The summed E-state index contributed by atoms with van der Waals surface area (Å²) < 4.78 is 5.51. The molecule has 0 radical (unpaired) electrons. The molecule has 0 spiro atoms. The van der Waals surface area contributed by atoms with E-state index in [0.717, 1.165) is 27.7 Å². The van der Waals surface area contributed by atoms with E-state index < -0.39 is 0 Å². The number of fused-ring (bicyclic) bond motifs is 1. The number of rotatable bonds is 3. The molecule has 0 aliphatic carbocycles. The Morgan fingerprint density at radius 3 is 2.83 bits per heavy atom. The molecule has 3 nitrogen and oxygen atoms in total. The molecule has 0 bridgehead atoms. The minimum atomic E-state index is -0.0596. The van der Waals surface area contributed by atoms with E-state index in [1.165, 1.54) is 0 Å². The van der Waals surface area contributed by atoms with Crippen molar-refractivity contribution in [3.8, 4) is 11.8 Å². The SMILES string of the molecule is Cc1ccc2c(CC(=O)NCC#Cc3ccccc3)coc2c1. The first-order valence-corrected chi connectivity index (χ1v) is 7.50. The fraction of sp³-hybridized carbons (Fsp3) is 0.150. The van der Waals surface area contributed by atoms with Crippen molar-refractivity contribution in [2.24, 2.45) is 0 Å². The van der Waals surface area contributed by atoms with Crippen LogP contribution in [0.2, 0.25) is 0 Å². The molecule has 0 saturated heterocycles. The van der Waals surface area contributed by atoms with E-state index in [1.807, 2.05) is 55.5 Å². The van der Waals surface area contributed by atoms with Gasteiger partial charge in [-0.2, -0.15) is 0 Å². The number of aryl methyl sites for hydroxylation is 1. The summed E-state index contributed by atoms with van der Waals surface area (Å²) in [7, 11) is 0. The highest BCUT2D eigenvalue weighted by Crippen LogP contribution is 2.22. The monoisotopic (exact) mass is 303 g/mol. The molecule has 0 unspecified atom stereocenters. The van der Waals surface area contributed by atoms with Gasteiger partial charge in [-0.05, 0) is 30.7 Å². The second-order valence-corrected chi connectivity index (χ2v) is 5.38. The smallest absolute Gasteiger partial charge is 0.225 e. The van der Waals surface area contributed by atoms with E-state index in [2.05, 4.69) is 17.2 Å². The van der Waals surface area contributed by atoms with Crippen LogP contribution in [0, 0.1) is 18.8 Å².